The van der Waals surface area contributed by atoms with Gasteiger partial charge in [-0.05, 0) is 42.0 Å². The molecule has 0 aromatic heterocycles. The lowest BCUT2D eigenvalue weighted by Crippen LogP contribution is -2.49. The van der Waals surface area contributed by atoms with Crippen molar-refractivity contribution in [2.24, 2.45) is 23.7 Å². The highest BCUT2D eigenvalue weighted by molar-refractivity contribution is 6.31. The molecule has 5 atom stereocenters. The molecule has 1 saturated carbocycles. The third-order valence-electron chi connectivity index (χ3n) is 6.81. The van der Waals surface area contributed by atoms with Crippen LogP contribution in [0.25, 0.3) is 0 Å². The Hall–Kier alpha value is -3.12. The van der Waals surface area contributed by atoms with Gasteiger partial charge in [0.15, 0.2) is 0 Å². The van der Waals surface area contributed by atoms with Crippen LogP contribution in [0.2, 0.25) is 5.02 Å². The van der Waals surface area contributed by atoms with Crippen LogP contribution in [0.5, 0.6) is 5.75 Å². The molecule has 7 heteroatoms. The number of rotatable bonds is 6. The first-order valence-electron chi connectivity index (χ1n) is 10.7. The maximum Gasteiger partial charge on any atom is 0.248 e. The van der Waals surface area contributed by atoms with Crippen LogP contribution < -0.4 is 10.1 Å². The minimum absolute atomic E-state index is 0.0833. The van der Waals surface area contributed by atoms with Crippen molar-refractivity contribution >= 4 is 35.0 Å². The number of nitrogens with zero attached hydrogens (tertiary/aromatic N) is 1. The van der Waals surface area contributed by atoms with Gasteiger partial charge in [0.25, 0.3) is 0 Å². The minimum Gasteiger partial charge on any atom is -0.495 e. The summed E-state index contributed by atoms with van der Waals surface area (Å²) in [6, 6.07) is 13.3. The zero-order chi connectivity index (χ0) is 22.4. The molecule has 2 aromatic rings. The van der Waals surface area contributed by atoms with Gasteiger partial charge in [0, 0.05) is 11.4 Å². The van der Waals surface area contributed by atoms with Crippen LogP contribution >= 0.6 is 11.6 Å². The predicted octanol–water partition coefficient (Wildman–Crippen LogP) is 3.71. The lowest BCUT2D eigenvalue weighted by atomic mass is 9.85. The second-order valence-corrected chi connectivity index (χ2v) is 9.02. The molecular weight excluding hydrogens is 428 g/mol. The summed E-state index contributed by atoms with van der Waals surface area (Å²) in [6.07, 6.45) is 5.17. The Morgan fingerprint density at radius 2 is 1.75 bits per heavy atom. The number of imide groups is 1. The summed E-state index contributed by atoms with van der Waals surface area (Å²) in [7, 11) is 1.50. The molecule has 32 heavy (non-hydrogen) atoms. The van der Waals surface area contributed by atoms with Crippen LogP contribution in [-0.2, 0) is 20.8 Å². The molecule has 2 aliphatic carbocycles. The fourth-order valence-electron chi connectivity index (χ4n) is 5.37. The van der Waals surface area contributed by atoms with E-state index in [0.717, 1.165) is 12.0 Å². The predicted molar refractivity (Wildman–Crippen MR) is 120 cm³/mol. The van der Waals surface area contributed by atoms with E-state index >= 15 is 0 Å². The van der Waals surface area contributed by atoms with E-state index in [0.29, 0.717) is 16.5 Å². The molecule has 2 aromatic carbocycles. The van der Waals surface area contributed by atoms with Crippen molar-refractivity contribution in [2.45, 2.75) is 18.9 Å². The molecule has 5 rings (SSSR count). The number of carbonyl (C=O) groups excluding carboxylic acids is 3. The van der Waals surface area contributed by atoms with E-state index in [4.69, 9.17) is 16.3 Å². The Balaban J connectivity index is 1.48. The summed E-state index contributed by atoms with van der Waals surface area (Å²) < 4.78 is 5.33. The first kappa shape index (κ1) is 20.8. The zero-order valence-corrected chi connectivity index (χ0v) is 18.3. The Bertz CT molecular complexity index is 1090. The van der Waals surface area contributed by atoms with Gasteiger partial charge in [0.05, 0.1) is 24.6 Å². The van der Waals surface area contributed by atoms with Crippen molar-refractivity contribution in [1.29, 1.82) is 0 Å². The van der Waals surface area contributed by atoms with Gasteiger partial charge in [-0.1, -0.05) is 54.1 Å². The number of benzene rings is 2. The minimum atomic E-state index is -0.967. The maximum atomic E-state index is 13.5. The second kappa shape index (κ2) is 8.10. The smallest absolute Gasteiger partial charge is 0.248 e. The van der Waals surface area contributed by atoms with Crippen LogP contribution in [0.15, 0.2) is 60.7 Å². The van der Waals surface area contributed by atoms with Crippen LogP contribution in [0.3, 0.4) is 0 Å². The van der Waals surface area contributed by atoms with Crippen molar-refractivity contribution in [2.75, 3.05) is 12.4 Å². The van der Waals surface area contributed by atoms with E-state index in [1.807, 2.05) is 42.5 Å². The summed E-state index contributed by atoms with van der Waals surface area (Å²) in [4.78, 5) is 41.5. The third-order valence-corrected chi connectivity index (χ3v) is 7.05. The van der Waals surface area contributed by atoms with Gasteiger partial charge < -0.3 is 10.1 Å². The van der Waals surface area contributed by atoms with Crippen molar-refractivity contribution in [3.05, 3.63) is 71.3 Å². The number of amides is 3. The number of ether oxygens (including phenoxy) is 1. The molecule has 3 amide bonds. The Labute approximate surface area is 191 Å². The number of fused-ring (bicyclic) bond motifs is 5. The molecule has 164 valence electrons. The molecule has 1 N–H and O–H groups in total. The van der Waals surface area contributed by atoms with Crippen molar-refractivity contribution < 1.29 is 19.1 Å². The molecule has 0 radical (unpaired) electrons. The second-order valence-electron chi connectivity index (χ2n) is 8.59. The highest BCUT2D eigenvalue weighted by Crippen LogP contribution is 2.53. The molecule has 0 spiro atoms. The van der Waals surface area contributed by atoms with Crippen LogP contribution in [0, 0.1) is 23.7 Å². The lowest BCUT2D eigenvalue weighted by Gasteiger charge is -2.27. The summed E-state index contributed by atoms with van der Waals surface area (Å²) >= 11 is 6.11. The molecule has 1 heterocycles. The van der Waals surface area contributed by atoms with Crippen LogP contribution in [0.4, 0.5) is 5.69 Å². The van der Waals surface area contributed by atoms with E-state index in [2.05, 4.69) is 5.32 Å². The fourth-order valence-corrected chi connectivity index (χ4v) is 5.54. The topological polar surface area (TPSA) is 75.7 Å². The highest BCUT2D eigenvalue weighted by Gasteiger charge is 2.61. The van der Waals surface area contributed by atoms with Gasteiger partial charge in [-0.2, -0.15) is 0 Å². The third kappa shape index (κ3) is 3.39. The summed E-state index contributed by atoms with van der Waals surface area (Å²) in [6.45, 7) is 0. The van der Waals surface area contributed by atoms with E-state index in [9.17, 15) is 14.4 Å². The van der Waals surface area contributed by atoms with Crippen molar-refractivity contribution in [3.8, 4) is 5.75 Å². The molecule has 3 aliphatic rings. The summed E-state index contributed by atoms with van der Waals surface area (Å²) in [5.41, 5.74) is 1.26. The van der Waals surface area contributed by atoms with Crippen molar-refractivity contribution in [1.82, 2.24) is 4.90 Å². The number of methoxy groups -OCH3 is 1. The Morgan fingerprint density at radius 3 is 2.38 bits per heavy atom. The SMILES string of the molecule is COc1ccc(Cl)cc1NC(=O)[C@H](Cc1ccccc1)N1C(=O)[C@@H]2[C@H](C1=O)[C@H]1C=C[C@@H]2C1. The molecule has 6 nitrogen and oxygen atoms in total. The quantitative estimate of drug-likeness (QED) is 0.537. The van der Waals surface area contributed by atoms with E-state index in [1.165, 1.54) is 12.0 Å². The summed E-state index contributed by atoms with van der Waals surface area (Å²) in [5.74, 6) is -1.04. The molecule has 2 fully saturated rings. The highest BCUT2D eigenvalue weighted by atomic mass is 35.5. The van der Waals surface area contributed by atoms with E-state index in [-0.39, 0.29) is 41.9 Å². The molecule has 1 saturated heterocycles. The number of nitrogens with one attached hydrogen (secondary N) is 1. The van der Waals surface area contributed by atoms with Gasteiger partial charge in [0.1, 0.15) is 11.8 Å². The standard InChI is InChI=1S/C25H23ClN2O4/c1-32-20-10-9-17(26)13-18(20)27-23(29)19(11-14-5-3-2-4-6-14)28-24(30)21-15-7-8-16(12-15)22(21)25(28)31/h2-10,13,15-16,19,21-22H,11-12H2,1H3,(H,27,29)/t15-,16+,19-,21+,22-/m0/s1. The zero-order valence-electron chi connectivity index (χ0n) is 17.5. The Kier molecular flexibility index (Phi) is 5.25. The average Bonchev–Trinajstić information content (AvgIpc) is 3.47. The monoisotopic (exact) mass is 450 g/mol. The van der Waals surface area contributed by atoms with Gasteiger partial charge in [-0.15, -0.1) is 0 Å². The fraction of sp³-hybridized carbons (Fsp3) is 0.320. The number of anilines is 1. The van der Waals surface area contributed by atoms with Crippen LogP contribution in [0.1, 0.15) is 12.0 Å². The average molecular weight is 451 g/mol. The van der Waals surface area contributed by atoms with Crippen molar-refractivity contribution in [3.63, 3.8) is 0 Å². The number of halogens is 1. The Morgan fingerprint density at radius 1 is 1.09 bits per heavy atom. The first-order valence-corrected chi connectivity index (χ1v) is 11.1. The molecular formula is C25H23ClN2O4. The van der Waals surface area contributed by atoms with E-state index < -0.39 is 11.9 Å². The summed E-state index contributed by atoms with van der Waals surface area (Å²) in [5, 5.41) is 3.27. The number of hydrogen-bond acceptors (Lipinski definition) is 4. The molecule has 0 unspecified atom stereocenters. The van der Waals surface area contributed by atoms with E-state index in [1.54, 1.807) is 18.2 Å². The van der Waals surface area contributed by atoms with Gasteiger partial charge in [0.2, 0.25) is 17.7 Å². The molecule has 1 aliphatic heterocycles. The molecule has 2 bridgehead atoms. The number of carbonyl (C=O) groups is 3. The first-order chi connectivity index (χ1) is 15.5. The largest absolute Gasteiger partial charge is 0.495 e. The van der Waals surface area contributed by atoms with Gasteiger partial charge in [-0.25, -0.2) is 0 Å². The number of hydrogen-bond donors (Lipinski definition) is 1. The van der Waals surface area contributed by atoms with Gasteiger partial charge >= 0.3 is 0 Å². The lowest BCUT2D eigenvalue weighted by molar-refractivity contribution is -0.147. The normalized spacial score (nSPS) is 26.4. The number of likely N-dealkylation sites (tertiary alicyclic amines) is 1. The number of allylic oxidation sites excluding steroid dienone is 2. The van der Waals surface area contributed by atoms with Gasteiger partial charge in [-0.3, -0.25) is 19.3 Å². The maximum absolute atomic E-state index is 13.5. The van der Waals surface area contributed by atoms with Crippen LogP contribution in [-0.4, -0.2) is 35.8 Å².